The summed E-state index contributed by atoms with van der Waals surface area (Å²) in [5.41, 5.74) is 2.78. The summed E-state index contributed by atoms with van der Waals surface area (Å²) in [6.45, 7) is 1.97. The van der Waals surface area contributed by atoms with Crippen molar-refractivity contribution in [2.75, 3.05) is 18.2 Å². The van der Waals surface area contributed by atoms with Crippen molar-refractivity contribution in [2.24, 2.45) is 0 Å². The molecule has 0 unspecified atom stereocenters. The average molecular weight is 384 g/mol. The fraction of sp³-hybridized carbons (Fsp3) is 0.167. The number of fused-ring (bicyclic) bond motifs is 3. The maximum atomic E-state index is 12.4. The van der Waals surface area contributed by atoms with Gasteiger partial charge in [-0.15, -0.1) is 10.2 Å². The lowest BCUT2D eigenvalue weighted by Gasteiger charge is -2.10. The van der Waals surface area contributed by atoms with E-state index in [2.05, 4.69) is 21.6 Å². The van der Waals surface area contributed by atoms with E-state index in [-0.39, 0.29) is 11.7 Å². The Morgan fingerprint density at radius 3 is 2.96 bits per heavy atom. The molecule has 0 aliphatic carbocycles. The Kier molecular flexibility index (Phi) is 4.52. The van der Waals surface area contributed by atoms with Gasteiger partial charge in [-0.1, -0.05) is 41.3 Å². The van der Waals surface area contributed by atoms with Crippen LogP contribution in [0, 0.1) is 6.92 Å². The number of hydrogen-bond donors (Lipinski definition) is 1. The van der Waals surface area contributed by atoms with Gasteiger partial charge >= 0.3 is 0 Å². The van der Waals surface area contributed by atoms with Gasteiger partial charge in [-0.2, -0.15) is 0 Å². The van der Waals surface area contributed by atoms with E-state index in [0.717, 1.165) is 20.7 Å². The van der Waals surface area contributed by atoms with Crippen LogP contribution in [0.4, 0.5) is 5.69 Å². The van der Waals surface area contributed by atoms with Gasteiger partial charge in [-0.25, -0.2) is 0 Å². The molecule has 0 fully saturated rings. The van der Waals surface area contributed by atoms with Crippen LogP contribution < -0.4 is 10.1 Å². The van der Waals surface area contributed by atoms with Gasteiger partial charge in [0.25, 0.3) is 0 Å². The molecule has 2 aromatic heterocycles. The molecule has 1 N–H and O–H groups in total. The summed E-state index contributed by atoms with van der Waals surface area (Å²) >= 11 is 2.95. The predicted molar refractivity (Wildman–Crippen MR) is 105 cm³/mol. The van der Waals surface area contributed by atoms with Crippen LogP contribution in [0.15, 0.2) is 47.6 Å². The summed E-state index contributed by atoms with van der Waals surface area (Å²) in [4.78, 5) is 13.2. The summed E-state index contributed by atoms with van der Waals surface area (Å²) in [6, 6.07) is 13.8. The van der Waals surface area contributed by atoms with Crippen LogP contribution in [-0.2, 0) is 4.79 Å². The van der Waals surface area contributed by atoms with E-state index in [1.807, 2.05) is 47.7 Å². The molecule has 8 heteroatoms. The van der Waals surface area contributed by atoms with E-state index in [1.165, 1.54) is 11.8 Å². The maximum Gasteiger partial charge on any atom is 0.234 e. The highest BCUT2D eigenvalue weighted by Gasteiger charge is 2.15. The molecule has 0 spiro atoms. The molecule has 0 saturated carbocycles. The van der Waals surface area contributed by atoms with Gasteiger partial charge < -0.3 is 10.1 Å². The number of ether oxygens (including phenoxy) is 1. The standard InChI is InChI=1S/C18H16N4O2S2/c1-11-7-8-14(24-2)12(9-11)19-16(23)10-25-17-20-21-18-22(17)13-5-3-4-6-15(13)26-18/h3-9H,10H2,1-2H3,(H,19,23). The Bertz CT molecular complexity index is 1100. The lowest BCUT2D eigenvalue weighted by molar-refractivity contribution is -0.113. The lowest BCUT2D eigenvalue weighted by atomic mass is 10.2. The Morgan fingerprint density at radius 2 is 2.12 bits per heavy atom. The van der Waals surface area contributed by atoms with Crippen molar-refractivity contribution in [3.63, 3.8) is 0 Å². The number of benzene rings is 2. The van der Waals surface area contributed by atoms with Crippen LogP contribution in [0.5, 0.6) is 5.75 Å². The van der Waals surface area contributed by atoms with Gasteiger partial charge in [-0.05, 0) is 36.8 Å². The van der Waals surface area contributed by atoms with Crippen molar-refractivity contribution in [3.05, 3.63) is 48.0 Å². The number of aryl methyl sites for hydroxylation is 1. The zero-order valence-corrected chi connectivity index (χ0v) is 15.9. The average Bonchev–Trinajstić information content (AvgIpc) is 3.19. The summed E-state index contributed by atoms with van der Waals surface area (Å²) < 4.78 is 8.44. The molecule has 0 aliphatic heterocycles. The monoisotopic (exact) mass is 384 g/mol. The van der Waals surface area contributed by atoms with Gasteiger partial charge in [-0.3, -0.25) is 9.20 Å². The number of carbonyl (C=O) groups is 1. The van der Waals surface area contributed by atoms with Crippen molar-refractivity contribution < 1.29 is 9.53 Å². The minimum absolute atomic E-state index is 0.116. The second-order valence-corrected chi connectivity index (χ2v) is 7.66. The van der Waals surface area contributed by atoms with Crippen LogP contribution in [0.25, 0.3) is 15.2 Å². The van der Waals surface area contributed by atoms with Crippen molar-refractivity contribution in [2.45, 2.75) is 12.1 Å². The number of amides is 1. The maximum absolute atomic E-state index is 12.4. The van der Waals surface area contributed by atoms with Crippen LogP contribution in [0.3, 0.4) is 0 Å². The number of aromatic nitrogens is 3. The van der Waals surface area contributed by atoms with E-state index >= 15 is 0 Å². The Balaban J connectivity index is 1.52. The molecule has 0 radical (unpaired) electrons. The van der Waals surface area contributed by atoms with Gasteiger partial charge in [0.05, 0.1) is 28.8 Å². The molecule has 2 aromatic carbocycles. The molecular formula is C18H16N4O2S2. The molecule has 0 atom stereocenters. The van der Waals surface area contributed by atoms with E-state index in [4.69, 9.17) is 4.74 Å². The van der Waals surface area contributed by atoms with E-state index < -0.39 is 0 Å². The summed E-state index contributed by atoms with van der Waals surface area (Å²) in [5, 5.41) is 12.0. The lowest BCUT2D eigenvalue weighted by Crippen LogP contribution is -2.15. The highest BCUT2D eigenvalue weighted by molar-refractivity contribution is 7.99. The topological polar surface area (TPSA) is 68.5 Å². The van der Waals surface area contributed by atoms with Crippen molar-refractivity contribution in [1.29, 1.82) is 0 Å². The molecule has 2 heterocycles. The Morgan fingerprint density at radius 1 is 1.27 bits per heavy atom. The molecule has 0 saturated heterocycles. The first-order valence-corrected chi connectivity index (χ1v) is 9.76. The number of para-hydroxylation sites is 1. The molecule has 132 valence electrons. The van der Waals surface area contributed by atoms with Crippen LogP contribution in [0.2, 0.25) is 0 Å². The predicted octanol–water partition coefficient (Wildman–Crippen LogP) is 3.99. The number of rotatable bonds is 5. The highest BCUT2D eigenvalue weighted by Crippen LogP contribution is 2.30. The minimum Gasteiger partial charge on any atom is -0.495 e. The molecule has 6 nitrogen and oxygen atoms in total. The van der Waals surface area contributed by atoms with Crippen molar-refractivity contribution in [3.8, 4) is 5.75 Å². The third-order valence-corrected chi connectivity index (χ3v) is 5.81. The Hall–Kier alpha value is -2.58. The first-order valence-electron chi connectivity index (χ1n) is 7.95. The first kappa shape index (κ1) is 16.9. The fourth-order valence-electron chi connectivity index (χ4n) is 2.68. The number of thiazole rings is 1. The smallest absolute Gasteiger partial charge is 0.234 e. The molecule has 0 bridgehead atoms. The van der Waals surface area contributed by atoms with E-state index in [0.29, 0.717) is 16.6 Å². The fourth-order valence-corrected chi connectivity index (χ4v) is 4.45. The first-order chi connectivity index (χ1) is 12.7. The number of hydrogen-bond acceptors (Lipinski definition) is 6. The zero-order chi connectivity index (χ0) is 18.1. The second kappa shape index (κ2) is 6.97. The molecule has 26 heavy (non-hydrogen) atoms. The summed E-state index contributed by atoms with van der Waals surface area (Å²) in [6.07, 6.45) is 0. The van der Waals surface area contributed by atoms with Crippen molar-refractivity contribution in [1.82, 2.24) is 14.6 Å². The third-order valence-electron chi connectivity index (χ3n) is 3.87. The normalized spacial score (nSPS) is 11.2. The van der Waals surface area contributed by atoms with Gasteiger partial charge in [0.15, 0.2) is 5.16 Å². The number of nitrogens with one attached hydrogen (secondary N) is 1. The molecule has 1 amide bonds. The largest absolute Gasteiger partial charge is 0.495 e. The number of anilines is 1. The minimum atomic E-state index is -0.116. The van der Waals surface area contributed by atoms with Crippen LogP contribution in [0.1, 0.15) is 5.56 Å². The molecule has 0 aliphatic rings. The number of methoxy groups -OCH3 is 1. The van der Waals surface area contributed by atoms with Crippen LogP contribution >= 0.6 is 23.1 Å². The van der Waals surface area contributed by atoms with E-state index in [9.17, 15) is 4.79 Å². The number of nitrogens with zero attached hydrogens (tertiary/aromatic N) is 3. The highest BCUT2D eigenvalue weighted by atomic mass is 32.2. The number of thioether (sulfide) groups is 1. The molecule has 4 aromatic rings. The van der Waals surface area contributed by atoms with Crippen LogP contribution in [-0.4, -0.2) is 33.4 Å². The summed E-state index contributed by atoms with van der Waals surface area (Å²) in [5.74, 6) is 0.764. The summed E-state index contributed by atoms with van der Waals surface area (Å²) in [7, 11) is 1.59. The van der Waals surface area contributed by atoms with Gasteiger partial charge in [0, 0.05) is 0 Å². The molecular weight excluding hydrogens is 368 g/mol. The number of carbonyl (C=O) groups excluding carboxylic acids is 1. The zero-order valence-electron chi connectivity index (χ0n) is 14.2. The SMILES string of the molecule is COc1ccc(C)cc1NC(=O)CSc1nnc2sc3ccccc3n12. The molecule has 4 rings (SSSR count). The van der Waals surface area contributed by atoms with Gasteiger partial charge in [0.2, 0.25) is 10.9 Å². The second-order valence-electron chi connectivity index (χ2n) is 5.71. The van der Waals surface area contributed by atoms with E-state index in [1.54, 1.807) is 18.4 Å². The third kappa shape index (κ3) is 3.13. The van der Waals surface area contributed by atoms with Crippen molar-refractivity contribution >= 4 is 49.9 Å². The quantitative estimate of drug-likeness (QED) is 0.527. The Labute approximate surface area is 158 Å². The van der Waals surface area contributed by atoms with Gasteiger partial charge in [0.1, 0.15) is 5.75 Å².